The van der Waals surface area contributed by atoms with Crippen molar-refractivity contribution >= 4 is 39.5 Å². The van der Waals surface area contributed by atoms with Gasteiger partial charge in [0, 0.05) is 6.54 Å². The van der Waals surface area contributed by atoms with Gasteiger partial charge in [-0.05, 0) is 51.9 Å². The highest BCUT2D eigenvalue weighted by molar-refractivity contribution is 9.10. The molecular formula is C12H14BrN3OS. The molecule has 0 saturated carbocycles. The van der Waals surface area contributed by atoms with Crippen LogP contribution in [-0.4, -0.2) is 25.0 Å². The lowest BCUT2D eigenvalue weighted by atomic mass is 10.2. The molecule has 1 rings (SSSR count). The average molecular weight is 328 g/mol. The molecule has 1 aromatic carbocycles. The molecule has 0 aliphatic carbocycles. The van der Waals surface area contributed by atoms with Crippen molar-refractivity contribution in [1.29, 1.82) is 0 Å². The maximum absolute atomic E-state index is 5.14. The SMILES string of the molecule is C=CCNC(=S)N/N=C/c1ccc(OC)c(Br)c1. The van der Waals surface area contributed by atoms with Crippen molar-refractivity contribution in [3.8, 4) is 5.75 Å². The molecule has 0 heterocycles. The molecule has 0 amide bonds. The summed E-state index contributed by atoms with van der Waals surface area (Å²) in [7, 11) is 1.62. The number of nitrogens with zero attached hydrogens (tertiary/aromatic N) is 1. The molecule has 1 aromatic rings. The summed E-state index contributed by atoms with van der Waals surface area (Å²) >= 11 is 8.39. The highest BCUT2D eigenvalue weighted by atomic mass is 79.9. The molecule has 2 N–H and O–H groups in total. The van der Waals surface area contributed by atoms with Gasteiger partial charge in [0.2, 0.25) is 0 Å². The quantitative estimate of drug-likeness (QED) is 0.377. The van der Waals surface area contributed by atoms with Crippen molar-refractivity contribution in [2.75, 3.05) is 13.7 Å². The molecule has 0 aliphatic heterocycles. The third-order valence-electron chi connectivity index (χ3n) is 1.96. The summed E-state index contributed by atoms with van der Waals surface area (Å²) in [5.41, 5.74) is 3.64. The predicted molar refractivity (Wildman–Crippen MR) is 82.2 cm³/mol. The molecule has 0 fully saturated rings. The number of halogens is 1. The van der Waals surface area contributed by atoms with Crippen molar-refractivity contribution < 1.29 is 4.74 Å². The van der Waals surface area contributed by atoms with Crippen LogP contribution in [0.2, 0.25) is 0 Å². The lowest BCUT2D eigenvalue weighted by Gasteiger charge is -2.04. The number of benzene rings is 1. The summed E-state index contributed by atoms with van der Waals surface area (Å²) in [6.45, 7) is 4.19. The van der Waals surface area contributed by atoms with Crippen LogP contribution in [0.15, 0.2) is 40.4 Å². The van der Waals surface area contributed by atoms with E-state index in [0.717, 1.165) is 15.8 Å². The van der Waals surface area contributed by atoms with E-state index in [4.69, 9.17) is 17.0 Å². The number of hydrogen-bond donors (Lipinski definition) is 2. The molecule has 0 atom stereocenters. The molecule has 0 aliphatic rings. The van der Waals surface area contributed by atoms with Crippen molar-refractivity contribution in [2.24, 2.45) is 5.10 Å². The van der Waals surface area contributed by atoms with Gasteiger partial charge in [-0.15, -0.1) is 6.58 Å². The molecule has 18 heavy (non-hydrogen) atoms. The highest BCUT2D eigenvalue weighted by Crippen LogP contribution is 2.24. The summed E-state index contributed by atoms with van der Waals surface area (Å²) < 4.78 is 6.02. The smallest absolute Gasteiger partial charge is 0.187 e. The van der Waals surface area contributed by atoms with Crippen LogP contribution in [-0.2, 0) is 0 Å². The van der Waals surface area contributed by atoms with Crippen LogP contribution in [0.3, 0.4) is 0 Å². The number of methoxy groups -OCH3 is 1. The fourth-order valence-corrected chi connectivity index (χ4v) is 1.83. The largest absolute Gasteiger partial charge is 0.496 e. The zero-order valence-electron chi connectivity index (χ0n) is 9.94. The number of ether oxygens (including phenoxy) is 1. The Kier molecular flexibility index (Phi) is 6.38. The van der Waals surface area contributed by atoms with E-state index in [1.54, 1.807) is 19.4 Å². The average Bonchev–Trinajstić information content (AvgIpc) is 2.36. The Morgan fingerprint density at radius 3 is 3.00 bits per heavy atom. The van der Waals surface area contributed by atoms with Crippen LogP contribution in [0.4, 0.5) is 0 Å². The van der Waals surface area contributed by atoms with E-state index in [0.29, 0.717) is 11.7 Å². The van der Waals surface area contributed by atoms with Gasteiger partial charge in [0.05, 0.1) is 17.8 Å². The normalized spacial score (nSPS) is 10.1. The van der Waals surface area contributed by atoms with Crippen LogP contribution in [0.25, 0.3) is 0 Å². The van der Waals surface area contributed by atoms with Crippen LogP contribution in [0.1, 0.15) is 5.56 Å². The van der Waals surface area contributed by atoms with Crippen molar-refractivity contribution in [3.05, 3.63) is 40.9 Å². The number of thiocarbonyl (C=S) groups is 1. The lowest BCUT2D eigenvalue weighted by Crippen LogP contribution is -2.31. The number of nitrogens with one attached hydrogen (secondary N) is 2. The fraction of sp³-hybridized carbons (Fsp3) is 0.167. The van der Waals surface area contributed by atoms with Crippen molar-refractivity contribution in [1.82, 2.24) is 10.7 Å². The van der Waals surface area contributed by atoms with Gasteiger partial charge in [-0.25, -0.2) is 0 Å². The summed E-state index contributed by atoms with van der Waals surface area (Å²) in [6, 6.07) is 5.67. The fourth-order valence-electron chi connectivity index (χ4n) is 1.13. The molecule has 0 radical (unpaired) electrons. The van der Waals surface area contributed by atoms with E-state index in [2.05, 4.69) is 38.4 Å². The first kappa shape index (κ1) is 14.7. The minimum Gasteiger partial charge on any atom is -0.496 e. The molecule has 0 unspecified atom stereocenters. The third kappa shape index (κ3) is 4.85. The summed E-state index contributed by atoms with van der Waals surface area (Å²) in [4.78, 5) is 0. The van der Waals surface area contributed by atoms with E-state index in [1.165, 1.54) is 0 Å². The van der Waals surface area contributed by atoms with Crippen molar-refractivity contribution in [3.63, 3.8) is 0 Å². The topological polar surface area (TPSA) is 45.7 Å². The van der Waals surface area contributed by atoms with Gasteiger partial charge in [-0.2, -0.15) is 5.10 Å². The predicted octanol–water partition coefficient (Wildman–Crippen LogP) is 2.44. The zero-order valence-corrected chi connectivity index (χ0v) is 12.3. The minimum absolute atomic E-state index is 0.457. The Bertz CT molecular complexity index is 463. The molecule has 0 aromatic heterocycles. The number of hydrogen-bond acceptors (Lipinski definition) is 3. The van der Waals surface area contributed by atoms with Gasteiger partial charge in [0.15, 0.2) is 5.11 Å². The van der Waals surface area contributed by atoms with Crippen molar-refractivity contribution in [2.45, 2.75) is 0 Å². The maximum atomic E-state index is 5.14. The second kappa shape index (κ2) is 7.84. The molecule has 6 heteroatoms. The van der Waals surface area contributed by atoms with Gasteiger partial charge in [-0.3, -0.25) is 5.43 Å². The standard InChI is InChI=1S/C12H14BrN3OS/c1-3-6-14-12(18)16-15-8-9-4-5-11(17-2)10(13)7-9/h3-5,7-8H,1,6H2,2H3,(H2,14,16,18)/b15-8+. The van der Waals surface area contributed by atoms with E-state index >= 15 is 0 Å². The van der Waals surface area contributed by atoms with E-state index in [1.807, 2.05) is 18.2 Å². The Balaban J connectivity index is 2.54. The summed E-state index contributed by atoms with van der Waals surface area (Å²) in [6.07, 6.45) is 3.39. The third-order valence-corrected chi connectivity index (χ3v) is 2.82. The number of hydrazone groups is 1. The van der Waals surface area contributed by atoms with E-state index in [9.17, 15) is 0 Å². The Morgan fingerprint density at radius 2 is 2.39 bits per heavy atom. The molecule has 4 nitrogen and oxygen atoms in total. The molecule has 0 spiro atoms. The van der Waals surface area contributed by atoms with Gasteiger partial charge in [0.25, 0.3) is 0 Å². The number of rotatable bonds is 5. The summed E-state index contributed by atoms with van der Waals surface area (Å²) in [5.74, 6) is 0.781. The second-order valence-electron chi connectivity index (χ2n) is 3.26. The van der Waals surface area contributed by atoms with Gasteiger partial charge in [0.1, 0.15) is 5.75 Å². The van der Waals surface area contributed by atoms with Gasteiger partial charge in [-0.1, -0.05) is 6.08 Å². The zero-order chi connectivity index (χ0) is 13.4. The van der Waals surface area contributed by atoms with Crippen LogP contribution in [0, 0.1) is 0 Å². The van der Waals surface area contributed by atoms with E-state index in [-0.39, 0.29) is 0 Å². The lowest BCUT2D eigenvalue weighted by molar-refractivity contribution is 0.412. The monoisotopic (exact) mass is 327 g/mol. The first-order valence-corrected chi connectivity index (χ1v) is 6.39. The molecular weight excluding hydrogens is 314 g/mol. The Hall–Kier alpha value is -1.40. The van der Waals surface area contributed by atoms with E-state index < -0.39 is 0 Å². The first-order chi connectivity index (χ1) is 8.67. The van der Waals surface area contributed by atoms with Gasteiger partial charge >= 0.3 is 0 Å². The molecule has 0 bridgehead atoms. The molecule has 96 valence electrons. The summed E-state index contributed by atoms with van der Waals surface area (Å²) in [5, 5.41) is 7.38. The molecule has 0 saturated heterocycles. The highest BCUT2D eigenvalue weighted by Gasteiger charge is 1.99. The first-order valence-electron chi connectivity index (χ1n) is 5.18. The second-order valence-corrected chi connectivity index (χ2v) is 4.53. The maximum Gasteiger partial charge on any atom is 0.187 e. The Labute approximate surface area is 120 Å². The van der Waals surface area contributed by atoms with Crippen LogP contribution >= 0.6 is 28.1 Å². The van der Waals surface area contributed by atoms with Crippen LogP contribution < -0.4 is 15.5 Å². The minimum atomic E-state index is 0.457. The Morgan fingerprint density at radius 1 is 1.61 bits per heavy atom. The van der Waals surface area contributed by atoms with Gasteiger partial charge < -0.3 is 10.1 Å². The van der Waals surface area contributed by atoms with Crippen LogP contribution in [0.5, 0.6) is 5.75 Å².